The molecule has 0 aliphatic carbocycles. The van der Waals surface area contributed by atoms with Crippen LogP contribution in [-0.4, -0.2) is 14.9 Å². The molecule has 0 saturated carbocycles. The lowest BCUT2D eigenvalue weighted by Gasteiger charge is -2.14. The Hall–Kier alpha value is -1.82. The number of halogens is 3. The van der Waals surface area contributed by atoms with Gasteiger partial charge in [0, 0.05) is 24.9 Å². The van der Waals surface area contributed by atoms with Gasteiger partial charge in [0.05, 0.1) is 11.3 Å². The zero-order chi connectivity index (χ0) is 13.3. The molecular weight excluding hydrogens is 245 g/mol. The van der Waals surface area contributed by atoms with E-state index >= 15 is 0 Å². The number of hydrogen-bond donors (Lipinski definition) is 1. The average molecular weight is 256 g/mol. The third kappa shape index (κ3) is 2.11. The van der Waals surface area contributed by atoms with E-state index in [4.69, 9.17) is 0 Å². The smallest absolute Gasteiger partial charge is 0.135 e. The molecule has 1 unspecified atom stereocenters. The van der Waals surface area contributed by atoms with E-state index in [1.807, 2.05) is 0 Å². The van der Waals surface area contributed by atoms with Crippen molar-refractivity contribution in [2.45, 2.75) is 19.6 Å². The summed E-state index contributed by atoms with van der Waals surface area (Å²) in [7, 11) is 0. The zero-order valence-electron chi connectivity index (χ0n) is 9.57. The Kier molecular flexibility index (Phi) is 3.38. The van der Waals surface area contributed by atoms with Crippen molar-refractivity contribution in [3.05, 3.63) is 53.1 Å². The second-order valence-corrected chi connectivity index (χ2v) is 3.76. The number of aliphatic hydroxyl groups is 1. The van der Waals surface area contributed by atoms with Crippen molar-refractivity contribution in [3.63, 3.8) is 0 Å². The number of aromatic nitrogens is 2. The first kappa shape index (κ1) is 12.6. The van der Waals surface area contributed by atoms with E-state index in [1.54, 1.807) is 6.92 Å². The maximum atomic E-state index is 13.5. The number of aliphatic hydroxyl groups excluding tert-OH is 1. The molecule has 0 bridgehead atoms. The fraction of sp³-hybridized carbons (Fsp3) is 0.250. The highest BCUT2D eigenvalue weighted by Crippen LogP contribution is 2.27. The maximum absolute atomic E-state index is 13.5. The topological polar surface area (TPSA) is 38.0 Å². The summed E-state index contributed by atoms with van der Waals surface area (Å²) in [6.45, 7) is 2.23. The summed E-state index contributed by atoms with van der Waals surface area (Å²) in [6.07, 6.45) is -0.102. The molecule has 18 heavy (non-hydrogen) atoms. The van der Waals surface area contributed by atoms with Crippen LogP contribution in [0.4, 0.5) is 13.2 Å². The van der Waals surface area contributed by atoms with Crippen LogP contribution in [0.5, 0.6) is 0 Å². The number of benzene rings is 1. The van der Waals surface area contributed by atoms with Crippen LogP contribution in [0.15, 0.2) is 24.4 Å². The van der Waals surface area contributed by atoms with Crippen LogP contribution in [0.25, 0.3) is 0 Å². The summed E-state index contributed by atoms with van der Waals surface area (Å²) in [5.41, 5.74) is -0.325. The Morgan fingerprint density at radius 3 is 2.44 bits per heavy atom. The predicted molar refractivity (Wildman–Crippen MR) is 58.3 cm³/mol. The lowest BCUT2D eigenvalue weighted by atomic mass is 10.0. The van der Waals surface area contributed by atoms with E-state index in [-0.39, 0.29) is 5.69 Å². The molecule has 2 aromatic rings. The Bertz CT molecular complexity index is 545. The van der Waals surface area contributed by atoms with Crippen molar-refractivity contribution in [2.24, 2.45) is 0 Å². The van der Waals surface area contributed by atoms with E-state index < -0.39 is 29.1 Å². The predicted octanol–water partition coefficient (Wildman–Crippen LogP) is 2.40. The minimum atomic E-state index is -1.52. The zero-order valence-corrected chi connectivity index (χ0v) is 9.57. The molecule has 0 spiro atoms. The quantitative estimate of drug-likeness (QED) is 0.915. The van der Waals surface area contributed by atoms with Crippen LogP contribution in [0, 0.1) is 17.5 Å². The SMILES string of the molecule is CCn1nccc1C(O)c1c(F)cc(F)cc1F. The van der Waals surface area contributed by atoms with Crippen molar-refractivity contribution in [1.82, 2.24) is 9.78 Å². The molecule has 1 N–H and O–H groups in total. The van der Waals surface area contributed by atoms with Crippen LogP contribution in [-0.2, 0) is 6.54 Å². The number of hydrogen-bond acceptors (Lipinski definition) is 2. The maximum Gasteiger partial charge on any atom is 0.135 e. The molecule has 1 aromatic carbocycles. The molecule has 1 heterocycles. The molecule has 2 rings (SSSR count). The molecule has 96 valence electrons. The van der Waals surface area contributed by atoms with Crippen molar-refractivity contribution >= 4 is 0 Å². The lowest BCUT2D eigenvalue weighted by Crippen LogP contribution is -2.12. The van der Waals surface area contributed by atoms with Crippen molar-refractivity contribution in [3.8, 4) is 0 Å². The molecule has 0 aliphatic rings. The standard InChI is InChI=1S/C12H11F3N2O/c1-2-17-10(3-4-16-17)12(18)11-8(14)5-7(13)6-9(11)15/h3-6,12,18H,2H2,1H3. The van der Waals surface area contributed by atoms with E-state index in [1.165, 1.54) is 16.9 Å². The van der Waals surface area contributed by atoms with E-state index in [2.05, 4.69) is 5.10 Å². The first-order valence-corrected chi connectivity index (χ1v) is 5.38. The highest BCUT2D eigenvalue weighted by molar-refractivity contribution is 5.29. The fourth-order valence-corrected chi connectivity index (χ4v) is 1.80. The minimum absolute atomic E-state index is 0.252. The summed E-state index contributed by atoms with van der Waals surface area (Å²) < 4.78 is 41.2. The first-order valence-electron chi connectivity index (χ1n) is 5.38. The van der Waals surface area contributed by atoms with Gasteiger partial charge in [-0.2, -0.15) is 5.10 Å². The summed E-state index contributed by atoms with van der Waals surface area (Å²) in [5.74, 6) is -3.27. The number of rotatable bonds is 3. The van der Waals surface area contributed by atoms with Gasteiger partial charge in [-0.15, -0.1) is 0 Å². The van der Waals surface area contributed by atoms with Crippen LogP contribution in [0.2, 0.25) is 0 Å². The molecule has 0 amide bonds. The van der Waals surface area contributed by atoms with Gasteiger partial charge >= 0.3 is 0 Å². The highest BCUT2D eigenvalue weighted by Gasteiger charge is 2.23. The monoisotopic (exact) mass is 256 g/mol. The Balaban J connectivity index is 2.49. The molecule has 0 fully saturated rings. The van der Waals surface area contributed by atoms with Crippen LogP contribution >= 0.6 is 0 Å². The second-order valence-electron chi connectivity index (χ2n) is 3.76. The van der Waals surface area contributed by atoms with Gasteiger partial charge < -0.3 is 5.11 Å². The van der Waals surface area contributed by atoms with Gasteiger partial charge in [-0.3, -0.25) is 4.68 Å². The largest absolute Gasteiger partial charge is 0.382 e. The van der Waals surface area contributed by atoms with Crippen LogP contribution in [0.3, 0.4) is 0 Å². The van der Waals surface area contributed by atoms with Crippen molar-refractivity contribution in [2.75, 3.05) is 0 Å². The van der Waals surface area contributed by atoms with Crippen molar-refractivity contribution < 1.29 is 18.3 Å². The van der Waals surface area contributed by atoms with Crippen molar-refractivity contribution in [1.29, 1.82) is 0 Å². The molecule has 1 aromatic heterocycles. The minimum Gasteiger partial charge on any atom is -0.382 e. The summed E-state index contributed by atoms with van der Waals surface area (Å²) in [4.78, 5) is 0. The molecule has 0 saturated heterocycles. The fourth-order valence-electron chi connectivity index (χ4n) is 1.80. The molecule has 6 heteroatoms. The average Bonchev–Trinajstić information content (AvgIpc) is 2.75. The molecule has 0 radical (unpaired) electrons. The Morgan fingerprint density at radius 1 is 1.28 bits per heavy atom. The third-order valence-electron chi connectivity index (χ3n) is 2.65. The number of nitrogens with zero attached hydrogens (tertiary/aromatic N) is 2. The third-order valence-corrected chi connectivity index (χ3v) is 2.65. The second kappa shape index (κ2) is 4.81. The van der Waals surface area contributed by atoms with Crippen LogP contribution < -0.4 is 0 Å². The molecule has 1 atom stereocenters. The van der Waals surface area contributed by atoms with Gasteiger partial charge in [0.2, 0.25) is 0 Å². The Labute approximate surface area is 101 Å². The summed E-state index contributed by atoms with van der Waals surface area (Å²) in [6, 6.07) is 2.53. The Morgan fingerprint density at radius 2 is 1.89 bits per heavy atom. The highest BCUT2D eigenvalue weighted by atomic mass is 19.1. The first-order chi connectivity index (χ1) is 8.54. The molecule has 0 aliphatic heterocycles. The summed E-state index contributed by atoms with van der Waals surface area (Å²) in [5, 5.41) is 13.9. The molecular formula is C12H11F3N2O. The lowest BCUT2D eigenvalue weighted by molar-refractivity contribution is 0.197. The van der Waals surface area contributed by atoms with Gasteiger partial charge in [-0.1, -0.05) is 0 Å². The van der Waals surface area contributed by atoms with E-state index in [0.717, 1.165) is 0 Å². The van der Waals surface area contributed by atoms with Gasteiger partial charge in [0.1, 0.15) is 23.6 Å². The van der Waals surface area contributed by atoms with Gasteiger partial charge in [0.15, 0.2) is 0 Å². The summed E-state index contributed by atoms with van der Waals surface area (Å²) >= 11 is 0. The normalized spacial score (nSPS) is 12.7. The van der Waals surface area contributed by atoms with Gasteiger partial charge in [-0.05, 0) is 13.0 Å². The van der Waals surface area contributed by atoms with E-state index in [9.17, 15) is 18.3 Å². The van der Waals surface area contributed by atoms with Gasteiger partial charge in [0.25, 0.3) is 0 Å². The molecule has 3 nitrogen and oxygen atoms in total. The van der Waals surface area contributed by atoms with E-state index in [0.29, 0.717) is 18.7 Å². The van der Waals surface area contributed by atoms with Crippen LogP contribution in [0.1, 0.15) is 24.3 Å². The van der Waals surface area contributed by atoms with Gasteiger partial charge in [-0.25, -0.2) is 13.2 Å². The number of aryl methyl sites for hydroxylation is 1.